The van der Waals surface area contributed by atoms with Gasteiger partial charge < -0.3 is 14.0 Å². The average Bonchev–Trinajstić information content (AvgIpc) is 3.68. The molecule has 250 valence electrons. The molecule has 0 aliphatic heterocycles. The van der Waals surface area contributed by atoms with Crippen LogP contribution in [-0.4, -0.2) is 40.1 Å². The van der Waals surface area contributed by atoms with E-state index in [0.717, 1.165) is 12.8 Å². The van der Waals surface area contributed by atoms with Crippen LogP contribution in [0.4, 0.5) is 0 Å². The van der Waals surface area contributed by atoms with E-state index >= 15 is 0 Å². The minimum Gasteiger partial charge on any atom is -0.413 e. The Balaban J connectivity index is 1.57. The predicted molar refractivity (Wildman–Crippen MR) is 194 cm³/mol. The second-order valence-corrected chi connectivity index (χ2v) is 27.9. The van der Waals surface area contributed by atoms with Crippen molar-refractivity contribution in [1.82, 2.24) is 0 Å². The van der Waals surface area contributed by atoms with Crippen LogP contribution in [0.25, 0.3) is 0 Å². The lowest BCUT2D eigenvalue weighted by atomic mass is 9.61. The fourth-order valence-corrected chi connectivity index (χ4v) is 10.6. The van der Waals surface area contributed by atoms with Crippen molar-refractivity contribution < 1.29 is 14.0 Å². The van der Waals surface area contributed by atoms with Gasteiger partial charge in [0.25, 0.3) is 0 Å². The van der Waals surface area contributed by atoms with Crippen molar-refractivity contribution in [3.63, 3.8) is 0 Å². The molecule has 4 fully saturated rings. The molecule has 0 amide bonds. The quantitative estimate of drug-likeness (QED) is 0.201. The van der Waals surface area contributed by atoms with Gasteiger partial charge in [0.1, 0.15) is 0 Å². The molecule has 0 heterocycles. The van der Waals surface area contributed by atoms with Crippen LogP contribution in [0.15, 0.2) is 47.6 Å². The number of rotatable bonds is 9. The lowest BCUT2D eigenvalue weighted by Gasteiger charge is -2.45. The number of aliphatic hydroxyl groups excluding tert-OH is 1. The van der Waals surface area contributed by atoms with Crippen molar-refractivity contribution in [3.8, 4) is 0 Å². The van der Waals surface area contributed by atoms with Crippen molar-refractivity contribution in [2.45, 2.75) is 168 Å². The third-order valence-corrected chi connectivity index (χ3v) is 22.1. The summed E-state index contributed by atoms with van der Waals surface area (Å²) in [6.45, 7) is 33.2. The van der Waals surface area contributed by atoms with Gasteiger partial charge in [-0.2, -0.15) is 0 Å². The van der Waals surface area contributed by atoms with E-state index in [2.05, 4.69) is 112 Å². The Hall–Kier alpha value is -0.726. The number of hydrogen-bond acceptors (Lipinski definition) is 3. The first-order valence-corrected chi connectivity index (χ1v) is 23.8. The van der Waals surface area contributed by atoms with Gasteiger partial charge in [0.2, 0.25) is 0 Å². The summed E-state index contributed by atoms with van der Waals surface area (Å²) >= 11 is 0. The van der Waals surface area contributed by atoms with Crippen LogP contribution in [0.3, 0.4) is 0 Å². The minimum absolute atomic E-state index is 0.0233. The molecule has 0 bridgehead atoms. The molecule has 0 radical (unpaired) electrons. The van der Waals surface area contributed by atoms with Crippen LogP contribution in [0.2, 0.25) is 36.3 Å². The number of allylic oxidation sites excluding steroid dienone is 4. The highest BCUT2D eigenvalue weighted by Gasteiger charge is 2.50. The second kappa shape index (κ2) is 13.1. The molecule has 4 saturated carbocycles. The minimum atomic E-state index is -1.98. The van der Waals surface area contributed by atoms with Crippen molar-refractivity contribution in [2.24, 2.45) is 29.1 Å². The zero-order valence-corrected chi connectivity index (χ0v) is 32.7. The summed E-state index contributed by atoms with van der Waals surface area (Å²) in [5.41, 5.74) is 4.49. The van der Waals surface area contributed by atoms with E-state index in [4.69, 9.17) is 8.85 Å². The highest BCUT2D eigenvalue weighted by molar-refractivity contribution is 6.74. The van der Waals surface area contributed by atoms with Crippen LogP contribution in [-0.2, 0) is 8.85 Å². The molecule has 5 heteroatoms. The standard InChI is InChI=1S/C39H68O3Si2/c1-27(16-23-35(40)30-18-19-30)33-21-22-34-29(15-14-24-39(33,34)9)17-20-31-25-32(41-43(10,11)37(3,4)5)26-36(28(31)2)42-44(12,13)38(6,7)8/h16-17,20,23,27,30,32-36,40H,2,14-15,18-19,21-22,24-26H2,1,3-13H3/b23-16?,29-17-,31-20-/t27-,32+,33+,34-,35+,36-,39+/m0/s1. The maximum Gasteiger partial charge on any atom is 0.192 e. The number of fused-ring (bicyclic) bond motifs is 1. The van der Waals surface area contributed by atoms with E-state index in [0.29, 0.717) is 29.1 Å². The van der Waals surface area contributed by atoms with Crippen molar-refractivity contribution >= 4 is 16.6 Å². The second-order valence-electron chi connectivity index (χ2n) is 18.4. The first-order valence-electron chi connectivity index (χ1n) is 18.0. The Labute approximate surface area is 274 Å². The third kappa shape index (κ3) is 7.86. The Morgan fingerprint density at radius 3 is 2.11 bits per heavy atom. The lowest BCUT2D eigenvalue weighted by molar-refractivity contribution is 0.0969. The molecule has 0 unspecified atom stereocenters. The van der Waals surface area contributed by atoms with E-state index in [9.17, 15) is 5.11 Å². The Morgan fingerprint density at radius 2 is 1.52 bits per heavy atom. The molecule has 4 aliphatic carbocycles. The zero-order valence-electron chi connectivity index (χ0n) is 30.7. The molecule has 0 saturated heterocycles. The van der Waals surface area contributed by atoms with Crippen molar-refractivity contribution in [2.75, 3.05) is 0 Å². The summed E-state index contributed by atoms with van der Waals surface area (Å²) in [6, 6.07) is 0. The van der Waals surface area contributed by atoms with Gasteiger partial charge in [-0.3, -0.25) is 0 Å². The monoisotopic (exact) mass is 640 g/mol. The molecule has 0 spiro atoms. The van der Waals surface area contributed by atoms with Gasteiger partial charge >= 0.3 is 0 Å². The van der Waals surface area contributed by atoms with Gasteiger partial charge in [-0.05, 0) is 128 Å². The summed E-state index contributed by atoms with van der Waals surface area (Å²) in [7, 11) is -3.90. The molecule has 0 aromatic heterocycles. The van der Waals surface area contributed by atoms with Crippen LogP contribution in [0, 0.1) is 29.1 Å². The summed E-state index contributed by atoms with van der Waals surface area (Å²) in [6.07, 6.45) is 19.9. The first-order chi connectivity index (χ1) is 20.2. The van der Waals surface area contributed by atoms with E-state index in [1.165, 1.54) is 56.1 Å². The SMILES string of the molecule is C=C1/C(=C\C=C2\CCC[C@]3(C)[C@@H]([C@@H](C)C=C[C@@H](O)C4CC4)CC[C@@H]23)C[C@@H](O[Si](C)(C)C(C)(C)C)C[C@@H]1O[Si](C)(C)C(C)(C)C. The summed E-state index contributed by atoms with van der Waals surface area (Å²) in [5, 5.41) is 10.8. The molecule has 0 aromatic rings. The summed E-state index contributed by atoms with van der Waals surface area (Å²) in [4.78, 5) is 0. The van der Waals surface area contributed by atoms with Crippen LogP contribution in [0.1, 0.15) is 113 Å². The van der Waals surface area contributed by atoms with Gasteiger partial charge in [0.15, 0.2) is 16.6 Å². The fraction of sp³-hybridized carbons (Fsp3) is 0.795. The molecule has 4 aliphatic rings. The third-order valence-electron chi connectivity index (χ3n) is 13.1. The van der Waals surface area contributed by atoms with Crippen LogP contribution in [0.5, 0.6) is 0 Å². The molecule has 44 heavy (non-hydrogen) atoms. The number of hydrogen-bond donors (Lipinski definition) is 1. The van der Waals surface area contributed by atoms with Gasteiger partial charge in [-0.15, -0.1) is 0 Å². The normalized spacial score (nSPS) is 34.2. The Bertz CT molecular complexity index is 1130. The molecule has 3 nitrogen and oxygen atoms in total. The van der Waals surface area contributed by atoms with Crippen LogP contribution < -0.4 is 0 Å². The van der Waals surface area contributed by atoms with E-state index in [1.807, 2.05) is 0 Å². The maximum absolute atomic E-state index is 10.5. The first kappa shape index (κ1) is 36.1. The zero-order chi connectivity index (χ0) is 32.9. The van der Waals surface area contributed by atoms with Gasteiger partial charge in [0, 0.05) is 6.42 Å². The maximum atomic E-state index is 10.5. The largest absolute Gasteiger partial charge is 0.413 e. The molecule has 1 N–H and O–H groups in total. The summed E-state index contributed by atoms with van der Waals surface area (Å²) < 4.78 is 14.2. The topological polar surface area (TPSA) is 38.7 Å². The fourth-order valence-electron chi connectivity index (χ4n) is 7.93. The summed E-state index contributed by atoms with van der Waals surface area (Å²) in [5.74, 6) is 2.35. The van der Waals surface area contributed by atoms with E-state index in [1.54, 1.807) is 5.57 Å². The van der Waals surface area contributed by atoms with E-state index < -0.39 is 16.6 Å². The van der Waals surface area contributed by atoms with Crippen molar-refractivity contribution in [1.29, 1.82) is 0 Å². The van der Waals surface area contributed by atoms with Gasteiger partial charge in [-0.1, -0.05) is 91.8 Å². The van der Waals surface area contributed by atoms with Crippen molar-refractivity contribution in [3.05, 3.63) is 47.6 Å². The molecule has 7 atom stereocenters. The molecule has 4 rings (SSSR count). The smallest absolute Gasteiger partial charge is 0.192 e. The lowest BCUT2D eigenvalue weighted by Crippen LogP contribution is -2.49. The molecular weight excluding hydrogens is 573 g/mol. The Kier molecular flexibility index (Phi) is 10.7. The van der Waals surface area contributed by atoms with Crippen LogP contribution >= 0.6 is 0 Å². The highest BCUT2D eigenvalue weighted by atomic mass is 28.4. The molecular formula is C39H68O3Si2. The van der Waals surface area contributed by atoms with Gasteiger partial charge in [-0.25, -0.2) is 0 Å². The van der Waals surface area contributed by atoms with Gasteiger partial charge in [0.05, 0.1) is 18.3 Å². The van der Waals surface area contributed by atoms with E-state index in [-0.39, 0.29) is 28.4 Å². The molecule has 0 aromatic carbocycles. The number of aliphatic hydroxyl groups is 1. The Morgan fingerprint density at radius 1 is 0.909 bits per heavy atom. The average molecular weight is 641 g/mol. The highest BCUT2D eigenvalue weighted by Crippen LogP contribution is 2.59. The predicted octanol–water partition coefficient (Wildman–Crippen LogP) is 11.1.